The summed E-state index contributed by atoms with van der Waals surface area (Å²) < 4.78 is 1.54. The molecule has 0 aliphatic heterocycles. The van der Waals surface area contributed by atoms with Crippen molar-refractivity contribution in [1.82, 2.24) is 10.6 Å². The minimum Gasteiger partial charge on any atom is -0.342 e. The average molecular weight is 688 g/mol. The van der Waals surface area contributed by atoms with Gasteiger partial charge < -0.3 is 10.6 Å². The van der Waals surface area contributed by atoms with Crippen LogP contribution in [0.3, 0.4) is 0 Å². The molecule has 230 valence electrons. The Balaban J connectivity index is 1.57. The molecule has 0 spiro atoms. The van der Waals surface area contributed by atoms with Gasteiger partial charge in [0.1, 0.15) is 5.82 Å². The molecule has 3 rings (SSSR count). The first kappa shape index (κ1) is 34.3. The molecule has 1 unspecified atom stereocenters. The number of benzene rings is 3. The summed E-state index contributed by atoms with van der Waals surface area (Å²) in [5, 5.41) is 13.9. The van der Waals surface area contributed by atoms with E-state index in [0.717, 1.165) is 54.1 Å². The molecule has 6 heteroatoms. The van der Waals surface area contributed by atoms with Crippen LogP contribution >= 0.6 is 0 Å². The molecule has 0 heterocycles. The number of hydrogen-bond donors (Lipinski definition) is 4. The van der Waals surface area contributed by atoms with Crippen LogP contribution in [0.15, 0.2) is 96.5 Å². The minimum atomic E-state index is -2.08. The maximum atomic E-state index is 12.9. The summed E-state index contributed by atoms with van der Waals surface area (Å²) in [7, 11) is 0. The van der Waals surface area contributed by atoms with Gasteiger partial charge in [-0.2, -0.15) is 0 Å². The summed E-state index contributed by atoms with van der Waals surface area (Å²) in [6.45, 7) is 9.11. The molecule has 1 atom stereocenters. The Morgan fingerprint density at radius 1 is 0.860 bits per heavy atom. The number of carbonyl (C=O) groups excluding carboxylic acids is 1. The molecule has 3 aromatic carbocycles. The van der Waals surface area contributed by atoms with Crippen molar-refractivity contribution in [3.8, 4) is 0 Å². The molecule has 1 amide bonds. The molecule has 0 aromatic heterocycles. The summed E-state index contributed by atoms with van der Waals surface area (Å²) in [6.07, 6.45) is 8.65. The van der Waals surface area contributed by atoms with Gasteiger partial charge in [0.15, 0.2) is 0 Å². The molecule has 5 nitrogen and oxygen atoms in total. The zero-order chi connectivity index (χ0) is 31.2. The topological polar surface area (TPSA) is 65.2 Å². The minimum absolute atomic E-state index is 0.0211. The van der Waals surface area contributed by atoms with Crippen molar-refractivity contribution in [2.24, 2.45) is 0 Å². The molecule has 0 aliphatic rings. The Kier molecular flexibility index (Phi) is 13.7. The van der Waals surface area contributed by atoms with Crippen molar-refractivity contribution in [3.63, 3.8) is 0 Å². The van der Waals surface area contributed by atoms with Gasteiger partial charge in [-0.1, -0.05) is 37.3 Å². The average Bonchev–Trinajstić information content (AvgIpc) is 2.98. The van der Waals surface area contributed by atoms with Crippen LogP contribution in [-0.2, 0) is 11.2 Å². The van der Waals surface area contributed by atoms with Crippen LogP contribution in [0, 0.1) is 6.92 Å². The Hall–Kier alpha value is -3.19. The second-order valence-corrected chi connectivity index (χ2v) is 26.7. The Morgan fingerprint density at radius 3 is 2.16 bits per heavy atom. The SMILES string of the molecule is CC/C=C(/Nc1ccc(CC(=O)NCC(=CCCC)NC(CC)c2cc[c]([Sn]([CH3])([CH3])[CH3])cc2)cc1)Nc1ccccc1C. The number of hydrogen-bond acceptors (Lipinski definition) is 4. The summed E-state index contributed by atoms with van der Waals surface area (Å²) >= 11 is -2.08. The first-order valence-electron chi connectivity index (χ1n) is 15.8. The Morgan fingerprint density at radius 2 is 1.56 bits per heavy atom. The predicted octanol–water partition coefficient (Wildman–Crippen LogP) is 8.40. The van der Waals surface area contributed by atoms with E-state index < -0.39 is 18.4 Å². The van der Waals surface area contributed by atoms with Gasteiger partial charge in [0.25, 0.3) is 0 Å². The molecule has 0 radical (unpaired) electrons. The second kappa shape index (κ2) is 17.2. The number of amides is 1. The van der Waals surface area contributed by atoms with E-state index in [4.69, 9.17) is 0 Å². The maximum Gasteiger partial charge on any atom is 0.0424 e. The summed E-state index contributed by atoms with van der Waals surface area (Å²) in [5.41, 5.74) is 6.61. The summed E-state index contributed by atoms with van der Waals surface area (Å²) in [6, 6.07) is 25.8. The van der Waals surface area contributed by atoms with E-state index in [-0.39, 0.29) is 11.9 Å². The summed E-state index contributed by atoms with van der Waals surface area (Å²) in [5.74, 6) is 0.965. The van der Waals surface area contributed by atoms with Crippen molar-refractivity contribution in [1.29, 1.82) is 0 Å². The van der Waals surface area contributed by atoms with E-state index in [9.17, 15) is 4.79 Å². The molecule has 3 aromatic rings. The Labute approximate surface area is 264 Å². The molecule has 0 saturated carbocycles. The van der Waals surface area contributed by atoms with Crippen molar-refractivity contribution in [3.05, 3.63) is 113 Å². The number of para-hydroxylation sites is 1. The third kappa shape index (κ3) is 11.4. The monoisotopic (exact) mass is 688 g/mol. The van der Waals surface area contributed by atoms with E-state index in [2.05, 4.69) is 112 Å². The van der Waals surface area contributed by atoms with Gasteiger partial charge in [-0.25, -0.2) is 0 Å². The van der Waals surface area contributed by atoms with Crippen molar-refractivity contribution in [2.45, 2.75) is 80.7 Å². The quantitative estimate of drug-likeness (QED) is 0.114. The van der Waals surface area contributed by atoms with Crippen LogP contribution in [-0.4, -0.2) is 30.8 Å². The number of unbranched alkanes of at least 4 members (excludes halogenated alkanes) is 1. The van der Waals surface area contributed by atoms with Crippen LogP contribution < -0.4 is 24.8 Å². The fourth-order valence-corrected chi connectivity index (χ4v) is 8.19. The fraction of sp³-hybridized carbons (Fsp3) is 0.378. The van der Waals surface area contributed by atoms with Gasteiger partial charge in [0, 0.05) is 11.4 Å². The fourth-order valence-electron chi connectivity index (χ4n) is 4.86. The standard InChI is InChI=1S/C34H43N4O.3CH3.Sn/c1-5-8-18-30(36-31(7-3)28-16-10-9-11-17-28)25-35-34(39)24-27-20-22-29(23-21-27)37-33(14-6-2)38-32-19-13-12-15-26(32)4;;;;/h10-23,31,36-38H,5-8,24-25H2,1-4H3,(H,35,39);3*1H3;/b30-18?,33-14-;;;;. The largest absolute Gasteiger partial charge is 0.342 e. The first-order valence-corrected chi connectivity index (χ1v) is 25.8. The van der Waals surface area contributed by atoms with Gasteiger partial charge >= 0.3 is 157 Å². The number of carbonyl (C=O) groups is 1. The van der Waals surface area contributed by atoms with Gasteiger partial charge in [0.2, 0.25) is 0 Å². The van der Waals surface area contributed by atoms with Crippen molar-refractivity contribution < 1.29 is 4.79 Å². The number of rotatable bonds is 16. The molecule has 0 bridgehead atoms. The van der Waals surface area contributed by atoms with Crippen LogP contribution in [0.2, 0.25) is 14.8 Å². The van der Waals surface area contributed by atoms with Crippen molar-refractivity contribution in [2.75, 3.05) is 17.2 Å². The van der Waals surface area contributed by atoms with Crippen LogP contribution in [0.25, 0.3) is 0 Å². The van der Waals surface area contributed by atoms with Gasteiger partial charge in [-0.05, 0) is 43.2 Å². The van der Waals surface area contributed by atoms with Crippen LogP contribution in [0.4, 0.5) is 11.4 Å². The zero-order valence-electron chi connectivity index (χ0n) is 27.3. The van der Waals surface area contributed by atoms with E-state index in [0.29, 0.717) is 13.0 Å². The molecule has 0 saturated heterocycles. The third-order valence-corrected chi connectivity index (χ3v) is 13.4. The van der Waals surface area contributed by atoms with Crippen LogP contribution in [0.1, 0.15) is 69.2 Å². The first-order chi connectivity index (χ1) is 20.6. The summed E-state index contributed by atoms with van der Waals surface area (Å²) in [4.78, 5) is 20.3. The molecule has 4 N–H and O–H groups in total. The Bertz CT molecular complexity index is 1350. The number of anilines is 2. The number of nitrogens with one attached hydrogen (secondary N) is 4. The van der Waals surface area contributed by atoms with E-state index in [1.54, 1.807) is 3.58 Å². The normalized spacial score (nSPS) is 12.9. The van der Waals surface area contributed by atoms with Gasteiger partial charge in [-0.3, -0.25) is 0 Å². The zero-order valence-corrected chi connectivity index (χ0v) is 30.2. The molecule has 0 aliphatic carbocycles. The molecular formula is C37H52N4OSn. The van der Waals surface area contributed by atoms with E-state index in [1.165, 1.54) is 11.1 Å². The van der Waals surface area contributed by atoms with E-state index in [1.807, 2.05) is 36.4 Å². The maximum absolute atomic E-state index is 12.9. The van der Waals surface area contributed by atoms with Gasteiger partial charge in [-0.15, -0.1) is 0 Å². The van der Waals surface area contributed by atoms with E-state index >= 15 is 0 Å². The molecule has 0 fully saturated rings. The smallest absolute Gasteiger partial charge is 0.0424 e. The molecular weight excluding hydrogens is 635 g/mol. The second-order valence-electron chi connectivity index (χ2n) is 12.2. The predicted molar refractivity (Wildman–Crippen MR) is 189 cm³/mol. The van der Waals surface area contributed by atoms with Crippen molar-refractivity contribution >= 4 is 39.2 Å². The molecule has 43 heavy (non-hydrogen) atoms. The van der Waals surface area contributed by atoms with Crippen LogP contribution in [0.5, 0.6) is 0 Å². The third-order valence-electron chi connectivity index (χ3n) is 7.52. The van der Waals surface area contributed by atoms with Gasteiger partial charge in [0.05, 0.1) is 0 Å². The number of aryl methyl sites for hydroxylation is 1. The number of allylic oxidation sites excluding steroid dienone is 2.